The first-order chi connectivity index (χ1) is 13.9. The number of rotatable bonds is 5. The van der Waals surface area contributed by atoms with E-state index >= 15 is 0 Å². The van der Waals surface area contributed by atoms with Crippen LogP contribution < -0.4 is 10.2 Å². The first-order valence-electron chi connectivity index (χ1n) is 9.94. The third-order valence-corrected chi connectivity index (χ3v) is 8.23. The van der Waals surface area contributed by atoms with Crippen LogP contribution in [0.4, 0.5) is 5.69 Å². The summed E-state index contributed by atoms with van der Waals surface area (Å²) in [6.45, 7) is 6.61. The van der Waals surface area contributed by atoms with Crippen molar-refractivity contribution in [2.24, 2.45) is 0 Å². The number of aromatic nitrogens is 2. The Morgan fingerprint density at radius 1 is 1.24 bits per heavy atom. The summed E-state index contributed by atoms with van der Waals surface area (Å²) in [5.41, 5.74) is 2.21. The van der Waals surface area contributed by atoms with Crippen molar-refractivity contribution >= 4 is 27.3 Å². The molecule has 0 radical (unpaired) electrons. The maximum atomic E-state index is 13.2. The first-order valence-corrected chi connectivity index (χ1v) is 11.8. The van der Waals surface area contributed by atoms with Crippen molar-refractivity contribution in [1.29, 1.82) is 0 Å². The number of nitrogens with zero attached hydrogens (tertiary/aromatic N) is 4. The minimum atomic E-state index is -3.40. The van der Waals surface area contributed by atoms with Crippen LogP contribution in [0.15, 0.2) is 22.6 Å². The summed E-state index contributed by atoms with van der Waals surface area (Å²) in [7, 11) is -3.40. The molecular formula is C19H26ClN5O3S. The minimum Gasteiger partial charge on any atom is -0.424 e. The van der Waals surface area contributed by atoms with Crippen molar-refractivity contribution in [3.63, 3.8) is 0 Å². The summed E-state index contributed by atoms with van der Waals surface area (Å²) in [6.07, 6.45) is 1.11. The Labute approximate surface area is 176 Å². The SMILES string of the molecule is CCc1nnc(C2CC(S(=O)(=O)N3CCN(c4cc(Cl)ccc4C)CC3)CN2)o1. The fourth-order valence-corrected chi connectivity index (χ4v) is 5.99. The highest BCUT2D eigenvalue weighted by Gasteiger charge is 2.41. The molecule has 1 N–H and O–H groups in total. The largest absolute Gasteiger partial charge is 0.424 e. The second-order valence-corrected chi connectivity index (χ2v) is 10.2. The van der Waals surface area contributed by atoms with Gasteiger partial charge >= 0.3 is 0 Å². The van der Waals surface area contributed by atoms with E-state index < -0.39 is 15.3 Å². The summed E-state index contributed by atoms with van der Waals surface area (Å²) < 4.78 is 33.6. The normalized spacial score (nSPS) is 23.6. The van der Waals surface area contributed by atoms with Gasteiger partial charge in [-0.1, -0.05) is 24.6 Å². The van der Waals surface area contributed by atoms with Gasteiger partial charge in [0, 0.05) is 49.9 Å². The molecule has 0 spiro atoms. The van der Waals surface area contributed by atoms with E-state index in [-0.39, 0.29) is 6.04 Å². The molecule has 2 unspecified atom stereocenters. The molecule has 29 heavy (non-hydrogen) atoms. The second kappa shape index (κ2) is 8.22. The van der Waals surface area contributed by atoms with Crippen LogP contribution in [-0.4, -0.2) is 60.9 Å². The van der Waals surface area contributed by atoms with Crippen molar-refractivity contribution < 1.29 is 12.8 Å². The van der Waals surface area contributed by atoms with Crippen LogP contribution in [-0.2, 0) is 16.4 Å². The van der Waals surface area contributed by atoms with Crippen LogP contribution >= 0.6 is 11.6 Å². The van der Waals surface area contributed by atoms with E-state index in [9.17, 15) is 8.42 Å². The van der Waals surface area contributed by atoms with Crippen LogP contribution in [0.2, 0.25) is 5.02 Å². The van der Waals surface area contributed by atoms with Gasteiger partial charge in [0.25, 0.3) is 0 Å². The van der Waals surface area contributed by atoms with Gasteiger partial charge in [-0.05, 0) is 31.0 Å². The van der Waals surface area contributed by atoms with E-state index in [0.29, 0.717) is 62.4 Å². The zero-order valence-electron chi connectivity index (χ0n) is 16.6. The first kappa shape index (κ1) is 20.6. The average molecular weight is 440 g/mol. The predicted molar refractivity (Wildman–Crippen MR) is 112 cm³/mol. The number of piperazine rings is 1. The molecule has 0 amide bonds. The lowest BCUT2D eigenvalue weighted by molar-refractivity contribution is 0.378. The van der Waals surface area contributed by atoms with Gasteiger partial charge in [0.15, 0.2) is 0 Å². The topological polar surface area (TPSA) is 91.6 Å². The van der Waals surface area contributed by atoms with Crippen molar-refractivity contribution in [3.05, 3.63) is 40.6 Å². The zero-order chi connectivity index (χ0) is 20.6. The molecule has 0 bridgehead atoms. The van der Waals surface area contributed by atoms with Crippen molar-refractivity contribution in [2.75, 3.05) is 37.6 Å². The van der Waals surface area contributed by atoms with E-state index in [4.69, 9.17) is 16.0 Å². The smallest absolute Gasteiger partial charge is 0.233 e. The van der Waals surface area contributed by atoms with Crippen LogP contribution in [0.1, 0.15) is 36.7 Å². The van der Waals surface area contributed by atoms with E-state index in [1.165, 1.54) is 0 Å². The lowest BCUT2D eigenvalue weighted by Gasteiger charge is -2.37. The molecule has 8 nitrogen and oxygen atoms in total. The van der Waals surface area contributed by atoms with Gasteiger partial charge in [-0.15, -0.1) is 10.2 Å². The number of hydrogen-bond donors (Lipinski definition) is 1. The van der Waals surface area contributed by atoms with Gasteiger partial charge in [0.1, 0.15) is 0 Å². The maximum absolute atomic E-state index is 13.2. The Kier molecular flexibility index (Phi) is 5.83. The quantitative estimate of drug-likeness (QED) is 0.763. The second-order valence-electron chi connectivity index (χ2n) is 7.57. The fourth-order valence-electron chi connectivity index (χ4n) is 3.99. The third kappa shape index (κ3) is 4.14. The van der Waals surface area contributed by atoms with E-state index in [1.807, 2.05) is 32.0 Å². The summed E-state index contributed by atoms with van der Waals surface area (Å²) >= 11 is 6.14. The van der Waals surface area contributed by atoms with Gasteiger partial charge in [-0.2, -0.15) is 4.31 Å². The fraction of sp³-hybridized carbons (Fsp3) is 0.579. The minimum absolute atomic E-state index is 0.210. The molecule has 0 saturated carbocycles. The number of hydrogen-bond acceptors (Lipinski definition) is 7. The molecule has 2 fully saturated rings. The maximum Gasteiger partial charge on any atom is 0.233 e. The molecule has 0 aliphatic carbocycles. The Hall–Kier alpha value is -1.68. The van der Waals surface area contributed by atoms with Gasteiger partial charge in [-0.3, -0.25) is 0 Å². The number of benzene rings is 1. The molecule has 10 heteroatoms. The molecule has 2 atom stereocenters. The summed E-state index contributed by atoms with van der Waals surface area (Å²) in [4.78, 5) is 2.20. The van der Waals surface area contributed by atoms with Gasteiger partial charge in [-0.25, -0.2) is 8.42 Å². The van der Waals surface area contributed by atoms with Crippen molar-refractivity contribution in [2.45, 2.75) is 38.0 Å². The van der Waals surface area contributed by atoms with Gasteiger partial charge < -0.3 is 14.6 Å². The van der Waals surface area contributed by atoms with Gasteiger partial charge in [0.05, 0.1) is 11.3 Å². The highest BCUT2D eigenvalue weighted by molar-refractivity contribution is 7.89. The molecule has 2 aromatic rings. The number of sulfonamides is 1. The van der Waals surface area contributed by atoms with Crippen LogP contribution in [0.25, 0.3) is 0 Å². The number of halogens is 1. The van der Waals surface area contributed by atoms with Crippen LogP contribution in [0.3, 0.4) is 0 Å². The number of aryl methyl sites for hydroxylation is 2. The highest BCUT2D eigenvalue weighted by atomic mass is 35.5. The van der Waals surface area contributed by atoms with Crippen LogP contribution in [0, 0.1) is 6.92 Å². The van der Waals surface area contributed by atoms with E-state index in [1.54, 1.807) is 4.31 Å². The van der Waals surface area contributed by atoms with Crippen molar-refractivity contribution in [1.82, 2.24) is 19.8 Å². The standard InChI is InChI=1S/C19H26ClN5O3S/c1-3-18-22-23-19(28-18)16-11-15(12-21-16)29(26,27)25-8-6-24(7-9-25)17-10-14(20)5-4-13(17)2/h4-5,10,15-16,21H,3,6-9,11-12H2,1-2H3. The number of nitrogens with one attached hydrogen (secondary N) is 1. The van der Waals surface area contributed by atoms with E-state index in [0.717, 1.165) is 11.3 Å². The Balaban J connectivity index is 1.39. The van der Waals surface area contributed by atoms with E-state index in [2.05, 4.69) is 20.4 Å². The van der Waals surface area contributed by atoms with Gasteiger partial charge in [0.2, 0.25) is 21.8 Å². The zero-order valence-corrected chi connectivity index (χ0v) is 18.2. The molecule has 3 heterocycles. The number of anilines is 1. The predicted octanol–water partition coefficient (Wildman–Crippen LogP) is 2.15. The Morgan fingerprint density at radius 3 is 2.69 bits per heavy atom. The summed E-state index contributed by atoms with van der Waals surface area (Å²) in [5.74, 6) is 1.04. The monoisotopic (exact) mass is 439 g/mol. The lowest BCUT2D eigenvalue weighted by atomic mass is 10.1. The Morgan fingerprint density at radius 2 is 2.00 bits per heavy atom. The molecule has 1 aromatic carbocycles. The molecule has 4 rings (SSSR count). The lowest BCUT2D eigenvalue weighted by Crippen LogP contribution is -2.51. The summed E-state index contributed by atoms with van der Waals surface area (Å²) in [5, 5.41) is 11.5. The Bertz CT molecular complexity index is 972. The molecule has 2 aliphatic heterocycles. The highest BCUT2D eigenvalue weighted by Crippen LogP contribution is 2.30. The summed E-state index contributed by atoms with van der Waals surface area (Å²) in [6, 6.07) is 5.60. The molecule has 2 aliphatic rings. The van der Waals surface area contributed by atoms with Crippen molar-refractivity contribution in [3.8, 4) is 0 Å². The molecule has 1 aromatic heterocycles. The molecular weight excluding hydrogens is 414 g/mol. The third-order valence-electron chi connectivity index (χ3n) is 5.71. The molecule has 158 valence electrons. The molecule has 2 saturated heterocycles. The average Bonchev–Trinajstić information content (AvgIpc) is 3.39. The van der Waals surface area contributed by atoms with Crippen LogP contribution in [0.5, 0.6) is 0 Å².